The number of halogens is 1. The summed E-state index contributed by atoms with van der Waals surface area (Å²) in [4.78, 5) is 8.50. The monoisotopic (exact) mass is 292 g/mol. The van der Waals surface area contributed by atoms with E-state index < -0.39 is 6.10 Å². The molecule has 20 heavy (non-hydrogen) atoms. The van der Waals surface area contributed by atoms with E-state index >= 15 is 0 Å². The molecular weight excluding hydrogens is 276 g/mol. The molecule has 2 rings (SSSR count). The number of methoxy groups -OCH3 is 1. The minimum absolute atomic E-state index is 0.386. The Kier molecular flexibility index (Phi) is 4.57. The van der Waals surface area contributed by atoms with Crippen LogP contribution in [0.15, 0.2) is 24.5 Å². The quantitative estimate of drug-likeness (QED) is 0.941. The summed E-state index contributed by atoms with van der Waals surface area (Å²) in [6.07, 6.45) is 2.95. The van der Waals surface area contributed by atoms with Gasteiger partial charge in [0.1, 0.15) is 11.9 Å². The van der Waals surface area contributed by atoms with Gasteiger partial charge in [-0.2, -0.15) is 0 Å². The summed E-state index contributed by atoms with van der Waals surface area (Å²) in [5.74, 6) is 0.811. The van der Waals surface area contributed by atoms with Gasteiger partial charge in [-0.15, -0.1) is 0 Å². The molecule has 0 amide bonds. The van der Waals surface area contributed by atoms with Crippen molar-refractivity contribution in [1.29, 1.82) is 0 Å². The Morgan fingerprint density at radius 3 is 2.60 bits per heavy atom. The number of aromatic nitrogens is 2. The van der Waals surface area contributed by atoms with Crippen LogP contribution in [0.3, 0.4) is 0 Å². The number of aliphatic hydroxyl groups is 1. The van der Waals surface area contributed by atoms with E-state index in [4.69, 9.17) is 16.3 Å². The van der Waals surface area contributed by atoms with Gasteiger partial charge in [0.2, 0.25) is 0 Å². The fourth-order valence-electron chi connectivity index (χ4n) is 2.15. The van der Waals surface area contributed by atoms with Crippen LogP contribution in [0.5, 0.6) is 5.75 Å². The van der Waals surface area contributed by atoms with Crippen LogP contribution >= 0.6 is 11.6 Å². The Balaban J connectivity index is 2.23. The first-order valence-electron chi connectivity index (χ1n) is 6.31. The molecule has 0 bridgehead atoms. The van der Waals surface area contributed by atoms with Gasteiger partial charge in [0, 0.05) is 35.6 Å². The van der Waals surface area contributed by atoms with Crippen LogP contribution in [0.1, 0.15) is 28.6 Å². The van der Waals surface area contributed by atoms with Gasteiger partial charge < -0.3 is 9.84 Å². The summed E-state index contributed by atoms with van der Waals surface area (Å²) in [7, 11) is 1.64. The van der Waals surface area contributed by atoms with Crippen LogP contribution in [-0.4, -0.2) is 22.2 Å². The number of aryl methyl sites for hydroxylation is 1. The summed E-state index contributed by atoms with van der Waals surface area (Å²) in [5.41, 5.74) is 3.31. The zero-order valence-corrected chi connectivity index (χ0v) is 12.5. The number of aliphatic hydroxyl groups excluding tert-OH is 1. The minimum atomic E-state index is -0.717. The smallest absolute Gasteiger partial charge is 0.128 e. The standard InChI is InChI=1S/C15H17ClN2O2/c1-9-7-17-13(10(2)15(9)20-3)6-14(19)12-5-4-11(16)8-18-12/h4-5,7-8,14,19H,6H2,1-3H3. The number of hydrogen-bond donors (Lipinski definition) is 1. The first-order chi connectivity index (χ1) is 9.52. The Morgan fingerprint density at radius 2 is 2.00 bits per heavy atom. The fourth-order valence-corrected chi connectivity index (χ4v) is 2.26. The largest absolute Gasteiger partial charge is 0.496 e. The van der Waals surface area contributed by atoms with Crippen LogP contribution in [0.2, 0.25) is 5.02 Å². The van der Waals surface area contributed by atoms with E-state index in [0.717, 1.165) is 22.6 Å². The Bertz CT molecular complexity index is 600. The Labute approximate surface area is 123 Å². The third-order valence-electron chi connectivity index (χ3n) is 3.23. The van der Waals surface area contributed by atoms with E-state index in [2.05, 4.69) is 9.97 Å². The van der Waals surface area contributed by atoms with E-state index in [-0.39, 0.29) is 0 Å². The lowest BCUT2D eigenvalue weighted by Crippen LogP contribution is -2.08. The van der Waals surface area contributed by atoms with Crippen molar-refractivity contribution in [3.8, 4) is 5.75 Å². The zero-order valence-electron chi connectivity index (χ0n) is 11.7. The highest BCUT2D eigenvalue weighted by atomic mass is 35.5. The molecule has 1 unspecified atom stereocenters. The fraction of sp³-hybridized carbons (Fsp3) is 0.333. The number of nitrogens with zero attached hydrogens (tertiary/aromatic N) is 2. The summed E-state index contributed by atoms with van der Waals surface area (Å²) >= 11 is 5.79. The van der Waals surface area contributed by atoms with Crippen LogP contribution in [0, 0.1) is 13.8 Å². The lowest BCUT2D eigenvalue weighted by atomic mass is 10.0. The maximum Gasteiger partial charge on any atom is 0.128 e. The molecular formula is C15H17ClN2O2. The lowest BCUT2D eigenvalue weighted by Gasteiger charge is -2.15. The van der Waals surface area contributed by atoms with Crippen molar-refractivity contribution in [1.82, 2.24) is 9.97 Å². The average molecular weight is 293 g/mol. The van der Waals surface area contributed by atoms with Gasteiger partial charge in [-0.3, -0.25) is 9.97 Å². The van der Waals surface area contributed by atoms with Crippen LogP contribution < -0.4 is 4.74 Å². The van der Waals surface area contributed by atoms with Crippen molar-refractivity contribution in [2.24, 2.45) is 0 Å². The number of ether oxygens (including phenoxy) is 1. The molecule has 0 aliphatic carbocycles. The number of hydrogen-bond acceptors (Lipinski definition) is 4. The second-order valence-electron chi connectivity index (χ2n) is 4.67. The molecule has 0 saturated carbocycles. The predicted molar refractivity (Wildman–Crippen MR) is 78.2 cm³/mol. The minimum Gasteiger partial charge on any atom is -0.496 e. The third kappa shape index (κ3) is 3.08. The summed E-state index contributed by atoms with van der Waals surface area (Å²) in [5, 5.41) is 10.8. The molecule has 0 aromatic carbocycles. The van der Waals surface area contributed by atoms with Gasteiger partial charge in [0.05, 0.1) is 17.8 Å². The topological polar surface area (TPSA) is 55.2 Å². The number of pyridine rings is 2. The maximum atomic E-state index is 10.2. The van der Waals surface area contributed by atoms with E-state index in [0.29, 0.717) is 17.1 Å². The third-order valence-corrected chi connectivity index (χ3v) is 3.45. The highest BCUT2D eigenvalue weighted by Crippen LogP contribution is 2.27. The maximum absolute atomic E-state index is 10.2. The van der Waals surface area contributed by atoms with E-state index in [1.165, 1.54) is 6.20 Å². The summed E-state index contributed by atoms with van der Waals surface area (Å²) in [6, 6.07) is 3.43. The van der Waals surface area contributed by atoms with Crippen LogP contribution in [0.4, 0.5) is 0 Å². The van der Waals surface area contributed by atoms with Gasteiger partial charge in [0.25, 0.3) is 0 Å². The van der Waals surface area contributed by atoms with Crippen molar-refractivity contribution in [3.63, 3.8) is 0 Å². The molecule has 2 aromatic rings. The molecule has 2 aromatic heterocycles. The first kappa shape index (κ1) is 14.8. The molecule has 4 nitrogen and oxygen atoms in total. The van der Waals surface area contributed by atoms with Gasteiger partial charge in [-0.25, -0.2) is 0 Å². The van der Waals surface area contributed by atoms with E-state index in [1.807, 2.05) is 13.8 Å². The van der Waals surface area contributed by atoms with E-state index in [9.17, 15) is 5.11 Å². The molecule has 0 aliphatic heterocycles. The highest BCUT2D eigenvalue weighted by Gasteiger charge is 2.15. The van der Waals surface area contributed by atoms with Crippen molar-refractivity contribution >= 4 is 11.6 Å². The van der Waals surface area contributed by atoms with Crippen molar-refractivity contribution < 1.29 is 9.84 Å². The van der Waals surface area contributed by atoms with Gasteiger partial charge in [0.15, 0.2) is 0 Å². The second-order valence-corrected chi connectivity index (χ2v) is 5.10. The number of rotatable bonds is 4. The molecule has 1 N–H and O–H groups in total. The molecule has 0 fully saturated rings. The molecule has 5 heteroatoms. The van der Waals surface area contributed by atoms with Gasteiger partial charge in [-0.1, -0.05) is 11.6 Å². The first-order valence-corrected chi connectivity index (χ1v) is 6.69. The normalized spacial score (nSPS) is 12.2. The molecule has 106 valence electrons. The van der Waals surface area contributed by atoms with Gasteiger partial charge >= 0.3 is 0 Å². The van der Waals surface area contributed by atoms with Crippen molar-refractivity contribution in [2.45, 2.75) is 26.4 Å². The Hall–Kier alpha value is -1.65. The SMILES string of the molecule is COc1c(C)cnc(CC(O)c2ccc(Cl)cn2)c1C. The van der Waals surface area contributed by atoms with Crippen molar-refractivity contribution in [2.75, 3.05) is 7.11 Å². The summed E-state index contributed by atoms with van der Waals surface area (Å²) < 4.78 is 5.36. The average Bonchev–Trinajstić information content (AvgIpc) is 2.43. The molecule has 0 aliphatic rings. The molecule has 0 radical (unpaired) electrons. The molecule has 2 heterocycles. The lowest BCUT2D eigenvalue weighted by molar-refractivity contribution is 0.172. The Morgan fingerprint density at radius 1 is 1.25 bits per heavy atom. The van der Waals surface area contributed by atoms with E-state index in [1.54, 1.807) is 25.4 Å². The van der Waals surface area contributed by atoms with Crippen molar-refractivity contribution in [3.05, 3.63) is 52.1 Å². The molecule has 1 atom stereocenters. The van der Waals surface area contributed by atoms with Crippen LogP contribution in [0.25, 0.3) is 0 Å². The molecule has 0 spiro atoms. The van der Waals surface area contributed by atoms with Gasteiger partial charge in [-0.05, 0) is 26.0 Å². The predicted octanol–water partition coefficient (Wildman–Crippen LogP) is 3.03. The summed E-state index contributed by atoms with van der Waals surface area (Å²) in [6.45, 7) is 3.88. The van der Waals surface area contributed by atoms with Crippen LogP contribution in [-0.2, 0) is 6.42 Å². The highest BCUT2D eigenvalue weighted by molar-refractivity contribution is 6.30. The zero-order chi connectivity index (χ0) is 14.7. The molecule has 0 saturated heterocycles. The second kappa shape index (κ2) is 6.20.